The van der Waals surface area contributed by atoms with E-state index >= 15 is 0 Å². The van der Waals surface area contributed by atoms with Gasteiger partial charge in [-0.05, 0) is 41.4 Å². The van der Waals surface area contributed by atoms with Crippen LogP contribution in [0.15, 0.2) is 12.3 Å². The van der Waals surface area contributed by atoms with E-state index in [0.717, 1.165) is 17.8 Å². The van der Waals surface area contributed by atoms with E-state index in [2.05, 4.69) is 11.9 Å². The molecule has 1 aromatic heterocycles. The Labute approximate surface area is 76.8 Å². The van der Waals surface area contributed by atoms with Crippen molar-refractivity contribution in [1.82, 2.24) is 4.98 Å². The van der Waals surface area contributed by atoms with Gasteiger partial charge >= 0.3 is 0 Å². The predicted octanol–water partition coefficient (Wildman–Crippen LogP) is 2.64. The quantitative estimate of drug-likeness (QED) is 0.558. The molecule has 1 fully saturated rings. The highest BCUT2D eigenvalue weighted by molar-refractivity contribution is 6.29. The van der Waals surface area contributed by atoms with Crippen molar-refractivity contribution in [3.05, 3.63) is 28.5 Å². The Morgan fingerprint density at radius 2 is 2.42 bits per heavy atom. The van der Waals surface area contributed by atoms with Crippen molar-refractivity contribution in [2.45, 2.75) is 19.3 Å². The molecular weight excluding hydrogens is 170 g/mol. The third kappa shape index (κ3) is 0.726. The fourth-order valence-electron chi connectivity index (χ4n) is 2.58. The molecule has 0 radical (unpaired) electrons. The maximum Gasteiger partial charge on any atom is 0.129 e. The number of rotatable bonds is 0. The van der Waals surface area contributed by atoms with Gasteiger partial charge in [-0.15, -0.1) is 0 Å². The van der Waals surface area contributed by atoms with E-state index in [1.54, 1.807) is 0 Å². The molecule has 1 nitrogen and oxygen atoms in total. The summed E-state index contributed by atoms with van der Waals surface area (Å²) in [5.74, 6) is 2.60. The molecule has 0 unspecified atom stereocenters. The molecule has 3 atom stereocenters. The van der Waals surface area contributed by atoms with Crippen LogP contribution in [0.3, 0.4) is 0 Å². The van der Waals surface area contributed by atoms with Gasteiger partial charge in [-0.1, -0.05) is 18.5 Å². The third-order valence-electron chi connectivity index (χ3n) is 3.37. The van der Waals surface area contributed by atoms with Crippen LogP contribution in [0.5, 0.6) is 0 Å². The summed E-state index contributed by atoms with van der Waals surface area (Å²) in [5.41, 5.74) is 2.89. The van der Waals surface area contributed by atoms with Crippen LogP contribution in [0.1, 0.15) is 24.0 Å². The van der Waals surface area contributed by atoms with Crippen molar-refractivity contribution >= 4 is 11.6 Å². The number of halogens is 1. The zero-order valence-electron chi connectivity index (χ0n) is 6.92. The summed E-state index contributed by atoms with van der Waals surface area (Å²) in [4.78, 5) is 4.13. The Kier molecular flexibility index (Phi) is 1.16. The molecule has 2 heteroatoms. The van der Waals surface area contributed by atoms with Gasteiger partial charge in [-0.2, -0.15) is 0 Å². The number of nitrogens with zero attached hydrogens (tertiary/aromatic N) is 1. The molecule has 3 rings (SSSR count). The first-order valence-electron chi connectivity index (χ1n) is 4.41. The normalized spacial score (nSPS) is 36.0. The van der Waals surface area contributed by atoms with Crippen molar-refractivity contribution in [3.8, 4) is 0 Å². The number of aromatic nitrogens is 1. The third-order valence-corrected chi connectivity index (χ3v) is 3.57. The van der Waals surface area contributed by atoms with E-state index in [-0.39, 0.29) is 0 Å². The van der Waals surface area contributed by atoms with Gasteiger partial charge in [0.2, 0.25) is 0 Å². The van der Waals surface area contributed by atoms with Crippen LogP contribution in [0.4, 0.5) is 0 Å². The van der Waals surface area contributed by atoms with E-state index in [1.165, 1.54) is 17.5 Å². The SMILES string of the molecule is C[C@H]1[C@@H]2Cc3cc(Cl)ncc3[C@H]12. The average molecular weight is 180 g/mol. The molecule has 0 spiro atoms. The number of pyridine rings is 1. The maximum absolute atomic E-state index is 5.81. The topological polar surface area (TPSA) is 12.9 Å². The lowest BCUT2D eigenvalue weighted by Crippen LogP contribution is -1.92. The molecule has 0 N–H and O–H groups in total. The Bertz CT molecular complexity index is 348. The Morgan fingerprint density at radius 3 is 3.25 bits per heavy atom. The molecule has 0 bridgehead atoms. The van der Waals surface area contributed by atoms with Crippen LogP contribution in [-0.4, -0.2) is 4.98 Å². The highest BCUT2D eigenvalue weighted by Crippen LogP contribution is 2.60. The first-order chi connectivity index (χ1) is 5.77. The number of hydrogen-bond donors (Lipinski definition) is 0. The lowest BCUT2D eigenvalue weighted by molar-refractivity contribution is 0.751. The average Bonchev–Trinajstić information content (AvgIpc) is 2.57. The van der Waals surface area contributed by atoms with Crippen LogP contribution in [0, 0.1) is 11.8 Å². The smallest absolute Gasteiger partial charge is 0.129 e. The zero-order valence-corrected chi connectivity index (χ0v) is 7.67. The Balaban J connectivity index is 2.11. The Hall–Kier alpha value is -0.560. The molecule has 0 aromatic carbocycles. The molecule has 12 heavy (non-hydrogen) atoms. The van der Waals surface area contributed by atoms with Crippen molar-refractivity contribution < 1.29 is 0 Å². The van der Waals surface area contributed by atoms with E-state index in [9.17, 15) is 0 Å². The molecule has 0 amide bonds. The second-order valence-electron chi connectivity index (χ2n) is 3.96. The summed E-state index contributed by atoms with van der Waals surface area (Å²) in [5, 5.41) is 0.641. The standard InChI is InChI=1S/C10H10ClN/c1-5-7-2-6-3-9(11)12-4-8(6)10(5)7/h3-5,7,10H,2H2,1H3/t5-,7-,10+/m0/s1. The lowest BCUT2D eigenvalue weighted by atomic mass is 10.1. The summed E-state index contributed by atoms with van der Waals surface area (Å²) in [6, 6.07) is 2.02. The van der Waals surface area contributed by atoms with E-state index < -0.39 is 0 Å². The van der Waals surface area contributed by atoms with Gasteiger partial charge in [0.05, 0.1) is 0 Å². The van der Waals surface area contributed by atoms with Crippen molar-refractivity contribution in [2.75, 3.05) is 0 Å². The fraction of sp³-hybridized carbons (Fsp3) is 0.500. The molecule has 2 aliphatic carbocycles. The molecule has 62 valence electrons. The van der Waals surface area contributed by atoms with Gasteiger partial charge in [0, 0.05) is 6.20 Å². The van der Waals surface area contributed by atoms with Gasteiger partial charge in [0.25, 0.3) is 0 Å². The minimum atomic E-state index is 0.641. The predicted molar refractivity (Wildman–Crippen MR) is 48.3 cm³/mol. The van der Waals surface area contributed by atoms with Crippen molar-refractivity contribution in [3.63, 3.8) is 0 Å². The maximum atomic E-state index is 5.81. The van der Waals surface area contributed by atoms with Gasteiger partial charge in [0.15, 0.2) is 0 Å². The minimum Gasteiger partial charge on any atom is -0.244 e. The van der Waals surface area contributed by atoms with E-state index in [4.69, 9.17) is 11.6 Å². The first-order valence-corrected chi connectivity index (χ1v) is 4.79. The van der Waals surface area contributed by atoms with Crippen LogP contribution in [0.25, 0.3) is 0 Å². The number of hydrogen-bond acceptors (Lipinski definition) is 1. The van der Waals surface area contributed by atoms with Crippen LogP contribution in [-0.2, 0) is 6.42 Å². The summed E-state index contributed by atoms with van der Waals surface area (Å²) in [6.07, 6.45) is 3.19. The van der Waals surface area contributed by atoms with E-state index in [0.29, 0.717) is 5.15 Å². The van der Waals surface area contributed by atoms with Crippen molar-refractivity contribution in [2.24, 2.45) is 11.8 Å². The monoisotopic (exact) mass is 179 g/mol. The molecule has 0 aliphatic heterocycles. The highest BCUT2D eigenvalue weighted by Gasteiger charge is 2.52. The largest absolute Gasteiger partial charge is 0.244 e. The molecule has 1 heterocycles. The van der Waals surface area contributed by atoms with E-state index in [1.807, 2.05) is 12.3 Å². The molecule has 1 aromatic rings. The lowest BCUT2D eigenvalue weighted by Gasteiger charge is -2.03. The Morgan fingerprint density at radius 1 is 1.58 bits per heavy atom. The second kappa shape index (κ2) is 2.02. The van der Waals surface area contributed by atoms with Crippen LogP contribution < -0.4 is 0 Å². The van der Waals surface area contributed by atoms with Gasteiger partial charge in [0.1, 0.15) is 5.15 Å². The first kappa shape index (κ1) is 6.90. The summed E-state index contributed by atoms with van der Waals surface area (Å²) in [6.45, 7) is 2.33. The van der Waals surface area contributed by atoms with Gasteiger partial charge in [-0.25, -0.2) is 4.98 Å². The van der Waals surface area contributed by atoms with Gasteiger partial charge in [-0.3, -0.25) is 0 Å². The molecule has 2 aliphatic rings. The number of fused-ring (bicyclic) bond motifs is 3. The summed E-state index contributed by atoms with van der Waals surface area (Å²) >= 11 is 5.81. The van der Waals surface area contributed by atoms with Gasteiger partial charge < -0.3 is 0 Å². The summed E-state index contributed by atoms with van der Waals surface area (Å²) < 4.78 is 0. The molecule has 0 saturated heterocycles. The molecular formula is C10H10ClN. The molecule has 1 saturated carbocycles. The zero-order chi connectivity index (χ0) is 8.29. The van der Waals surface area contributed by atoms with Crippen molar-refractivity contribution in [1.29, 1.82) is 0 Å². The fourth-order valence-corrected chi connectivity index (χ4v) is 2.76. The minimum absolute atomic E-state index is 0.641. The second-order valence-corrected chi connectivity index (χ2v) is 4.35. The van der Waals surface area contributed by atoms with Crippen LogP contribution >= 0.6 is 11.6 Å². The summed E-state index contributed by atoms with van der Waals surface area (Å²) in [7, 11) is 0. The highest BCUT2D eigenvalue weighted by atomic mass is 35.5. The van der Waals surface area contributed by atoms with Crippen LogP contribution in [0.2, 0.25) is 5.15 Å².